The van der Waals surface area contributed by atoms with Crippen molar-refractivity contribution in [2.75, 3.05) is 19.6 Å². The molecule has 5 heteroatoms. The van der Waals surface area contributed by atoms with E-state index in [2.05, 4.69) is 52.9 Å². The van der Waals surface area contributed by atoms with E-state index in [1.54, 1.807) is 0 Å². The van der Waals surface area contributed by atoms with Gasteiger partial charge in [0.15, 0.2) is 0 Å². The summed E-state index contributed by atoms with van der Waals surface area (Å²) in [6.45, 7) is 13.3. The van der Waals surface area contributed by atoms with Crippen LogP contribution in [-0.4, -0.2) is 47.2 Å². The molecule has 2 rings (SSSR count). The van der Waals surface area contributed by atoms with Gasteiger partial charge in [-0.05, 0) is 57.9 Å². The molecule has 1 aliphatic heterocycles. The van der Waals surface area contributed by atoms with E-state index in [0.29, 0.717) is 6.54 Å². The lowest BCUT2D eigenvalue weighted by molar-refractivity contribution is 0.000538. The van der Waals surface area contributed by atoms with Crippen LogP contribution in [0, 0.1) is 6.92 Å². The van der Waals surface area contributed by atoms with Crippen LogP contribution in [-0.2, 0) is 11.3 Å². The van der Waals surface area contributed by atoms with Crippen LogP contribution < -0.4 is 0 Å². The number of amides is 1. The Morgan fingerprint density at radius 2 is 2.04 bits per heavy atom. The first-order valence-electron chi connectivity index (χ1n) is 8.13. The Labute approximate surface area is 147 Å². The number of ether oxygens (including phenoxy) is 1. The number of aryl methyl sites for hydroxylation is 1. The van der Waals surface area contributed by atoms with Crippen molar-refractivity contribution in [1.82, 2.24) is 9.80 Å². The number of rotatable bonds is 2. The first-order chi connectivity index (χ1) is 10.7. The van der Waals surface area contributed by atoms with Gasteiger partial charge in [-0.3, -0.25) is 4.90 Å². The summed E-state index contributed by atoms with van der Waals surface area (Å²) < 4.78 is 6.61. The summed E-state index contributed by atoms with van der Waals surface area (Å²) in [7, 11) is 0. The van der Waals surface area contributed by atoms with Gasteiger partial charge in [-0.2, -0.15) is 0 Å². The van der Waals surface area contributed by atoms with Gasteiger partial charge >= 0.3 is 6.09 Å². The van der Waals surface area contributed by atoms with Gasteiger partial charge < -0.3 is 9.64 Å². The second kappa shape index (κ2) is 7.22. The smallest absolute Gasteiger partial charge is 0.410 e. The minimum absolute atomic E-state index is 0.161. The lowest BCUT2D eigenvalue weighted by Crippen LogP contribution is -2.54. The van der Waals surface area contributed by atoms with Crippen LogP contribution in [0.25, 0.3) is 0 Å². The van der Waals surface area contributed by atoms with Gasteiger partial charge in [-0.15, -0.1) is 0 Å². The van der Waals surface area contributed by atoms with Crippen molar-refractivity contribution < 1.29 is 9.53 Å². The normalized spacial score (nSPS) is 19.7. The highest BCUT2D eigenvalue weighted by Crippen LogP contribution is 2.20. The summed E-state index contributed by atoms with van der Waals surface area (Å²) in [6.07, 6.45) is -0.204. The van der Waals surface area contributed by atoms with Gasteiger partial charge in [0.2, 0.25) is 0 Å². The van der Waals surface area contributed by atoms with Gasteiger partial charge in [0.05, 0.1) is 0 Å². The summed E-state index contributed by atoms with van der Waals surface area (Å²) >= 11 is 3.51. The van der Waals surface area contributed by atoms with E-state index in [0.717, 1.165) is 24.1 Å². The molecule has 1 heterocycles. The standard InChI is InChI=1S/C18H27BrN2O2/c1-13-10-16(19)7-6-15(13)12-20-8-9-21(14(2)11-20)17(22)23-18(3,4)5/h6-7,10,14H,8-9,11-12H2,1-5H3/t14-/m0/s1. The number of carbonyl (C=O) groups is 1. The van der Waals surface area contributed by atoms with Crippen molar-refractivity contribution in [2.24, 2.45) is 0 Å². The fourth-order valence-electron chi connectivity index (χ4n) is 2.85. The monoisotopic (exact) mass is 382 g/mol. The first-order valence-corrected chi connectivity index (χ1v) is 8.92. The quantitative estimate of drug-likeness (QED) is 0.768. The molecule has 1 fully saturated rings. The van der Waals surface area contributed by atoms with Crippen molar-refractivity contribution in [1.29, 1.82) is 0 Å². The second-order valence-corrected chi connectivity index (χ2v) is 8.24. The molecule has 23 heavy (non-hydrogen) atoms. The molecular weight excluding hydrogens is 356 g/mol. The number of benzene rings is 1. The van der Waals surface area contributed by atoms with Gasteiger partial charge in [-0.1, -0.05) is 22.0 Å². The van der Waals surface area contributed by atoms with Crippen LogP contribution in [0.5, 0.6) is 0 Å². The second-order valence-electron chi connectivity index (χ2n) is 7.33. The van der Waals surface area contributed by atoms with E-state index in [1.807, 2.05) is 25.7 Å². The number of hydrogen-bond acceptors (Lipinski definition) is 3. The van der Waals surface area contributed by atoms with Gasteiger partial charge in [0, 0.05) is 36.7 Å². The van der Waals surface area contributed by atoms with Gasteiger partial charge in [0.25, 0.3) is 0 Å². The first kappa shape index (κ1) is 18.3. The molecule has 0 N–H and O–H groups in total. The van der Waals surface area contributed by atoms with Crippen LogP contribution in [0.4, 0.5) is 4.79 Å². The Balaban J connectivity index is 1.94. The summed E-state index contributed by atoms with van der Waals surface area (Å²) in [4.78, 5) is 16.5. The third kappa shape index (κ3) is 5.21. The van der Waals surface area contributed by atoms with Crippen molar-refractivity contribution >= 4 is 22.0 Å². The zero-order valence-electron chi connectivity index (χ0n) is 14.7. The highest BCUT2D eigenvalue weighted by Gasteiger charge is 2.30. The molecular formula is C18H27BrN2O2. The Hall–Kier alpha value is -1.07. The number of hydrogen-bond donors (Lipinski definition) is 0. The van der Waals surface area contributed by atoms with Crippen LogP contribution in [0.15, 0.2) is 22.7 Å². The molecule has 0 bridgehead atoms. The fourth-order valence-corrected chi connectivity index (χ4v) is 3.32. The topological polar surface area (TPSA) is 32.8 Å². The maximum atomic E-state index is 12.3. The molecule has 1 amide bonds. The molecule has 1 aliphatic rings. The molecule has 1 aromatic carbocycles. The van der Waals surface area contributed by atoms with Crippen molar-refractivity contribution in [3.63, 3.8) is 0 Å². The van der Waals surface area contributed by atoms with Crippen molar-refractivity contribution in [3.05, 3.63) is 33.8 Å². The Morgan fingerprint density at radius 3 is 2.61 bits per heavy atom. The summed E-state index contributed by atoms with van der Waals surface area (Å²) in [6, 6.07) is 6.57. The molecule has 0 aliphatic carbocycles. The lowest BCUT2D eigenvalue weighted by Gasteiger charge is -2.40. The Kier molecular flexibility index (Phi) is 5.74. The molecule has 4 nitrogen and oxygen atoms in total. The fraction of sp³-hybridized carbons (Fsp3) is 0.611. The van der Waals surface area contributed by atoms with Crippen LogP contribution >= 0.6 is 15.9 Å². The third-order valence-electron chi connectivity index (χ3n) is 4.04. The third-order valence-corrected chi connectivity index (χ3v) is 4.53. The van der Waals surface area contributed by atoms with Crippen LogP contribution in [0.2, 0.25) is 0 Å². The predicted octanol–water partition coefficient (Wildman–Crippen LogP) is 4.20. The molecule has 0 spiro atoms. The van der Waals surface area contributed by atoms with Gasteiger partial charge in [-0.25, -0.2) is 4.79 Å². The zero-order valence-corrected chi connectivity index (χ0v) is 16.3. The largest absolute Gasteiger partial charge is 0.444 e. The molecule has 1 aromatic rings. The van der Waals surface area contributed by atoms with E-state index in [-0.39, 0.29) is 12.1 Å². The van der Waals surface area contributed by atoms with E-state index in [4.69, 9.17) is 4.74 Å². The molecule has 128 valence electrons. The highest BCUT2D eigenvalue weighted by molar-refractivity contribution is 9.10. The number of piperazine rings is 1. The average molecular weight is 383 g/mol. The summed E-state index contributed by atoms with van der Waals surface area (Å²) in [5.41, 5.74) is 2.19. The van der Waals surface area contributed by atoms with Gasteiger partial charge in [0.1, 0.15) is 5.60 Å². The average Bonchev–Trinajstić information content (AvgIpc) is 2.40. The number of nitrogens with zero attached hydrogens (tertiary/aromatic N) is 2. The molecule has 0 radical (unpaired) electrons. The summed E-state index contributed by atoms with van der Waals surface area (Å²) in [5.74, 6) is 0. The van der Waals surface area contributed by atoms with E-state index in [1.165, 1.54) is 11.1 Å². The molecule has 1 atom stereocenters. The molecule has 0 aromatic heterocycles. The maximum absolute atomic E-state index is 12.3. The highest BCUT2D eigenvalue weighted by atomic mass is 79.9. The van der Waals surface area contributed by atoms with E-state index in [9.17, 15) is 4.79 Å². The summed E-state index contributed by atoms with van der Waals surface area (Å²) in [5, 5.41) is 0. The minimum atomic E-state index is -0.442. The lowest BCUT2D eigenvalue weighted by atomic mass is 10.1. The maximum Gasteiger partial charge on any atom is 0.410 e. The minimum Gasteiger partial charge on any atom is -0.444 e. The predicted molar refractivity (Wildman–Crippen MR) is 96.6 cm³/mol. The van der Waals surface area contributed by atoms with E-state index < -0.39 is 5.60 Å². The molecule has 0 unspecified atom stereocenters. The Morgan fingerprint density at radius 1 is 1.35 bits per heavy atom. The number of carbonyl (C=O) groups excluding carboxylic acids is 1. The SMILES string of the molecule is Cc1cc(Br)ccc1CN1CCN(C(=O)OC(C)(C)C)[C@@H](C)C1. The van der Waals surface area contributed by atoms with Crippen molar-refractivity contribution in [2.45, 2.75) is 52.8 Å². The number of halogens is 1. The molecule has 1 saturated heterocycles. The Bertz CT molecular complexity index is 569. The van der Waals surface area contributed by atoms with Crippen molar-refractivity contribution in [3.8, 4) is 0 Å². The van der Waals surface area contributed by atoms with E-state index >= 15 is 0 Å². The van der Waals surface area contributed by atoms with Crippen LogP contribution in [0.1, 0.15) is 38.8 Å². The molecule has 0 saturated carbocycles. The zero-order chi connectivity index (χ0) is 17.2. The van der Waals surface area contributed by atoms with Crippen LogP contribution in [0.3, 0.4) is 0 Å².